The molecule has 0 aromatic heterocycles. The van der Waals surface area contributed by atoms with Crippen molar-refractivity contribution in [3.63, 3.8) is 0 Å². The van der Waals surface area contributed by atoms with Crippen LogP contribution in [0.4, 0.5) is 10.5 Å². The molecule has 118 valence electrons. The minimum Gasteiger partial charge on any atom is -0.422 e. The third-order valence-corrected chi connectivity index (χ3v) is 5.32. The molecule has 6 heteroatoms. The van der Waals surface area contributed by atoms with Gasteiger partial charge in [0.25, 0.3) is 0 Å². The van der Waals surface area contributed by atoms with E-state index in [9.17, 15) is 4.79 Å². The second-order valence-electron chi connectivity index (χ2n) is 6.43. The first-order valence-corrected chi connectivity index (χ1v) is 8.97. The van der Waals surface area contributed by atoms with Crippen molar-refractivity contribution in [2.45, 2.75) is 25.5 Å². The van der Waals surface area contributed by atoms with E-state index in [2.05, 4.69) is 41.9 Å². The van der Waals surface area contributed by atoms with Gasteiger partial charge >= 0.3 is 6.16 Å². The van der Waals surface area contributed by atoms with E-state index >= 15 is 0 Å². The highest BCUT2D eigenvalue weighted by atomic mass is 33.1. The van der Waals surface area contributed by atoms with Gasteiger partial charge in [-0.2, -0.15) is 0 Å². The molecule has 0 spiro atoms. The molecular weight excluding hydrogens is 306 g/mol. The van der Waals surface area contributed by atoms with Crippen molar-refractivity contribution in [3.8, 4) is 5.75 Å². The highest BCUT2D eigenvalue weighted by Gasteiger charge is 2.14. The van der Waals surface area contributed by atoms with Gasteiger partial charge < -0.3 is 9.47 Å². The summed E-state index contributed by atoms with van der Waals surface area (Å²) in [6, 6.07) is 7.42. The number of rotatable bonds is 5. The fourth-order valence-electron chi connectivity index (χ4n) is 1.36. The van der Waals surface area contributed by atoms with Crippen molar-refractivity contribution in [1.82, 2.24) is 4.48 Å². The Morgan fingerprint density at radius 1 is 1.14 bits per heavy atom. The van der Waals surface area contributed by atoms with Crippen LogP contribution in [-0.2, 0) is 4.74 Å². The molecule has 0 bridgehead atoms. The van der Waals surface area contributed by atoms with Crippen LogP contribution in [0.15, 0.2) is 24.3 Å². The van der Waals surface area contributed by atoms with Gasteiger partial charge in [0.1, 0.15) is 11.4 Å². The van der Waals surface area contributed by atoms with Crippen molar-refractivity contribution < 1.29 is 14.3 Å². The Balaban J connectivity index is 2.38. The molecule has 1 rings (SSSR count). The van der Waals surface area contributed by atoms with Crippen molar-refractivity contribution in [2.24, 2.45) is 0 Å². The summed E-state index contributed by atoms with van der Waals surface area (Å²) in [7, 11) is 9.40. The first-order valence-electron chi connectivity index (χ1n) is 6.65. The van der Waals surface area contributed by atoms with Crippen LogP contribution in [0.3, 0.4) is 0 Å². The predicted molar refractivity (Wildman–Crippen MR) is 92.9 cm³/mol. The number of nitrogens with zero attached hydrogens (tertiary/aromatic N) is 1. The number of hydrogen-bond donors (Lipinski definition) is 0. The third kappa shape index (κ3) is 7.64. The summed E-state index contributed by atoms with van der Waals surface area (Å²) < 4.78 is 11.0. The summed E-state index contributed by atoms with van der Waals surface area (Å²) in [4.78, 5) is 11.5. The average Bonchev–Trinajstić information content (AvgIpc) is 2.33. The maximum absolute atomic E-state index is 11.5. The zero-order chi connectivity index (χ0) is 16.1. The minimum atomic E-state index is -0.671. The van der Waals surface area contributed by atoms with Gasteiger partial charge in [0.2, 0.25) is 0 Å². The molecule has 0 aliphatic carbocycles. The Labute approximate surface area is 135 Å². The van der Waals surface area contributed by atoms with E-state index in [1.165, 1.54) is 10.8 Å². The van der Waals surface area contributed by atoms with E-state index < -0.39 is 6.16 Å². The lowest BCUT2D eigenvalue weighted by atomic mass is 10.2. The molecule has 1 aromatic carbocycles. The van der Waals surface area contributed by atoms with Crippen molar-refractivity contribution in [1.29, 1.82) is 0 Å². The van der Waals surface area contributed by atoms with Crippen LogP contribution in [-0.4, -0.2) is 38.0 Å². The van der Waals surface area contributed by atoms with Gasteiger partial charge in [0.15, 0.2) is 5.94 Å². The van der Waals surface area contributed by atoms with Gasteiger partial charge in [-0.15, -0.1) is 0 Å². The molecule has 0 radical (unpaired) electrons. The minimum absolute atomic E-state index is 0.138. The maximum Gasteiger partial charge on any atom is 0.514 e. The lowest BCUT2D eigenvalue weighted by Gasteiger charge is -2.23. The van der Waals surface area contributed by atoms with Gasteiger partial charge in [-0.3, -0.25) is 4.48 Å². The molecule has 0 N–H and O–H groups in total. The Hall–Kier alpha value is -0.850. The fourth-order valence-corrected chi connectivity index (χ4v) is 3.26. The Kier molecular flexibility index (Phi) is 6.43. The molecule has 1 aromatic rings. The lowest BCUT2D eigenvalue weighted by molar-refractivity contribution is 0.117. The van der Waals surface area contributed by atoms with Crippen LogP contribution in [0.5, 0.6) is 5.75 Å². The highest BCUT2D eigenvalue weighted by Crippen LogP contribution is 2.34. The molecule has 21 heavy (non-hydrogen) atoms. The molecule has 0 aliphatic heterocycles. The van der Waals surface area contributed by atoms with Crippen LogP contribution in [0, 0.1) is 0 Å². The van der Waals surface area contributed by atoms with Gasteiger partial charge in [-0.05, 0) is 12.1 Å². The van der Waals surface area contributed by atoms with Crippen LogP contribution in [0.1, 0.15) is 20.8 Å². The molecular formula is C15H24NO3S2+. The number of ether oxygens (including phenoxy) is 2. The first kappa shape index (κ1) is 18.2. The zero-order valence-corrected chi connectivity index (χ0v) is 15.1. The van der Waals surface area contributed by atoms with Crippen molar-refractivity contribution >= 4 is 33.4 Å². The van der Waals surface area contributed by atoms with E-state index in [-0.39, 0.29) is 10.7 Å². The first-order chi connectivity index (χ1) is 9.58. The number of hydrogen-bond acceptors (Lipinski definition) is 5. The monoisotopic (exact) mass is 330 g/mol. The summed E-state index contributed by atoms with van der Waals surface area (Å²) in [6.07, 6.45) is -0.671. The van der Waals surface area contributed by atoms with Crippen molar-refractivity contribution in [2.75, 3.05) is 27.1 Å². The van der Waals surface area contributed by atoms with Crippen LogP contribution in [0.25, 0.3) is 0 Å². The summed E-state index contributed by atoms with van der Waals surface area (Å²) in [6.45, 7) is 6.33. The molecule has 0 aliphatic rings. The molecule has 0 unspecified atom stereocenters. The molecule has 0 amide bonds. The number of benzene rings is 1. The zero-order valence-electron chi connectivity index (χ0n) is 13.5. The van der Waals surface area contributed by atoms with E-state index in [1.54, 1.807) is 22.9 Å². The second-order valence-corrected chi connectivity index (χ2v) is 9.50. The lowest BCUT2D eigenvalue weighted by Crippen LogP contribution is -2.34. The second kappa shape index (κ2) is 7.42. The Bertz CT molecular complexity index is 461. The summed E-state index contributed by atoms with van der Waals surface area (Å²) in [5.74, 6) is 0.767. The largest absolute Gasteiger partial charge is 0.514 e. The Morgan fingerprint density at radius 2 is 1.71 bits per heavy atom. The smallest absolute Gasteiger partial charge is 0.422 e. The molecule has 0 heterocycles. The van der Waals surface area contributed by atoms with Gasteiger partial charge in [0, 0.05) is 16.9 Å². The Morgan fingerprint density at radius 3 is 2.19 bits per heavy atom. The number of quaternary nitrogens is 1. The normalized spacial score (nSPS) is 12.1. The molecule has 4 nitrogen and oxygen atoms in total. The van der Waals surface area contributed by atoms with E-state index in [0.29, 0.717) is 10.2 Å². The number of carbonyl (C=O) groups is 1. The van der Waals surface area contributed by atoms with Gasteiger partial charge in [-0.25, -0.2) is 4.79 Å². The summed E-state index contributed by atoms with van der Waals surface area (Å²) >= 11 is 0. The predicted octanol–water partition coefficient (Wildman–Crippen LogP) is 4.54. The van der Waals surface area contributed by atoms with Crippen LogP contribution in [0.2, 0.25) is 0 Å². The molecule has 0 atom stereocenters. The van der Waals surface area contributed by atoms with Gasteiger partial charge in [0.05, 0.1) is 21.1 Å². The highest BCUT2D eigenvalue weighted by molar-refractivity contribution is 8.77. The quantitative estimate of drug-likeness (QED) is 0.198. The summed E-state index contributed by atoms with van der Waals surface area (Å²) in [5, 5.41) is 0. The molecule has 0 fully saturated rings. The maximum atomic E-state index is 11.5. The molecule has 0 saturated carbocycles. The third-order valence-electron chi connectivity index (χ3n) is 2.35. The van der Waals surface area contributed by atoms with E-state index in [0.717, 1.165) is 5.69 Å². The topological polar surface area (TPSA) is 35.5 Å². The van der Waals surface area contributed by atoms with E-state index in [4.69, 9.17) is 9.47 Å². The molecule has 0 saturated heterocycles. The fraction of sp³-hybridized carbons (Fsp3) is 0.533. The standard InChI is InChI=1S/C15H24NO3S2/c1-15(2,3)21-20-11-18-14(17)19-13-9-7-12(8-10-13)16(4,5)6/h7-10H,11H2,1-6H3/q+1. The number of carbonyl (C=O) groups excluding carboxylic acids is 1. The SMILES string of the molecule is CC(C)(C)SSCOC(=O)Oc1ccc([N+](C)(C)C)cc1. The van der Waals surface area contributed by atoms with E-state index in [1.807, 2.05) is 12.1 Å². The van der Waals surface area contributed by atoms with Crippen LogP contribution < -0.4 is 9.22 Å². The average molecular weight is 330 g/mol. The van der Waals surface area contributed by atoms with Crippen molar-refractivity contribution in [3.05, 3.63) is 24.3 Å². The van der Waals surface area contributed by atoms with Crippen LogP contribution >= 0.6 is 21.6 Å². The summed E-state index contributed by atoms with van der Waals surface area (Å²) in [5.41, 5.74) is 1.13. The van der Waals surface area contributed by atoms with Gasteiger partial charge in [-0.1, -0.05) is 42.4 Å².